The minimum Gasteiger partial charge on any atom is -0.481 e. The molecule has 0 heterocycles. The van der Waals surface area contributed by atoms with E-state index in [-0.39, 0.29) is 11.8 Å². The molecule has 13 heavy (non-hydrogen) atoms. The number of hydrazine groups is 1. The second kappa shape index (κ2) is 4.58. The minimum atomic E-state index is -0.782. The molecule has 0 bridgehead atoms. The van der Waals surface area contributed by atoms with Crippen molar-refractivity contribution in [3.8, 4) is 0 Å². The Kier molecular flexibility index (Phi) is 4.36. The average molecular weight is 188 g/mol. The van der Waals surface area contributed by atoms with Crippen LogP contribution in [0.2, 0.25) is 0 Å². The normalized spacial score (nSPS) is 12.5. The molecule has 0 atom stereocenters. The summed E-state index contributed by atoms with van der Waals surface area (Å²) in [5.74, 6) is 4.55. The molecule has 0 saturated heterocycles. The summed E-state index contributed by atoms with van der Waals surface area (Å²) in [4.78, 5) is 11.2. The standard InChI is InChI=1S/C9H20N2O2/c1-6(2)9(5-11-10,7(3)4)8(12)13/h6-7,11H,5,10H2,1-4H3,(H,12,13). The second-order valence-corrected chi connectivity index (χ2v) is 4.04. The number of aliphatic carboxylic acids is 1. The smallest absolute Gasteiger partial charge is 0.311 e. The SMILES string of the molecule is CC(C)C(CNN)(C(=O)O)C(C)C. The fraction of sp³-hybridized carbons (Fsp3) is 0.889. The van der Waals surface area contributed by atoms with E-state index in [1.807, 2.05) is 27.7 Å². The molecule has 0 aliphatic heterocycles. The Hall–Kier alpha value is -0.610. The number of carboxylic acid groups (broad SMARTS) is 1. The van der Waals surface area contributed by atoms with Gasteiger partial charge in [0.2, 0.25) is 0 Å². The number of carboxylic acids is 1. The summed E-state index contributed by atoms with van der Waals surface area (Å²) in [7, 11) is 0. The first kappa shape index (κ1) is 12.4. The molecule has 4 heteroatoms. The lowest BCUT2D eigenvalue weighted by molar-refractivity contribution is -0.155. The highest BCUT2D eigenvalue weighted by molar-refractivity contribution is 5.75. The van der Waals surface area contributed by atoms with Crippen molar-refractivity contribution >= 4 is 5.97 Å². The van der Waals surface area contributed by atoms with Crippen LogP contribution in [-0.4, -0.2) is 17.6 Å². The van der Waals surface area contributed by atoms with E-state index >= 15 is 0 Å². The van der Waals surface area contributed by atoms with Crippen LogP contribution < -0.4 is 11.3 Å². The van der Waals surface area contributed by atoms with Crippen molar-refractivity contribution in [2.24, 2.45) is 23.1 Å². The molecule has 0 aromatic heterocycles. The van der Waals surface area contributed by atoms with E-state index in [1.54, 1.807) is 0 Å². The number of hydrogen-bond acceptors (Lipinski definition) is 3. The van der Waals surface area contributed by atoms with E-state index in [4.69, 9.17) is 5.84 Å². The van der Waals surface area contributed by atoms with Crippen molar-refractivity contribution in [2.45, 2.75) is 27.7 Å². The van der Waals surface area contributed by atoms with Gasteiger partial charge >= 0.3 is 5.97 Å². The van der Waals surface area contributed by atoms with Crippen LogP contribution in [0.1, 0.15) is 27.7 Å². The summed E-state index contributed by atoms with van der Waals surface area (Å²) < 4.78 is 0. The van der Waals surface area contributed by atoms with Crippen LogP contribution in [0.15, 0.2) is 0 Å². The molecule has 78 valence electrons. The maximum atomic E-state index is 11.2. The molecule has 4 nitrogen and oxygen atoms in total. The molecular formula is C9H20N2O2. The van der Waals surface area contributed by atoms with Gasteiger partial charge in [-0.15, -0.1) is 0 Å². The van der Waals surface area contributed by atoms with Gasteiger partial charge in [-0.2, -0.15) is 0 Å². The first-order chi connectivity index (χ1) is 5.89. The Labute approximate surface area is 79.5 Å². The first-order valence-corrected chi connectivity index (χ1v) is 4.56. The zero-order valence-corrected chi connectivity index (χ0v) is 8.79. The zero-order valence-electron chi connectivity index (χ0n) is 8.79. The Morgan fingerprint density at radius 3 is 1.85 bits per heavy atom. The minimum absolute atomic E-state index is 0.0565. The summed E-state index contributed by atoms with van der Waals surface area (Å²) in [6, 6.07) is 0. The van der Waals surface area contributed by atoms with Gasteiger partial charge in [0, 0.05) is 6.54 Å². The number of carbonyl (C=O) groups is 1. The third kappa shape index (κ3) is 2.19. The lowest BCUT2D eigenvalue weighted by atomic mass is 9.69. The first-order valence-electron chi connectivity index (χ1n) is 4.56. The maximum Gasteiger partial charge on any atom is 0.311 e. The van der Waals surface area contributed by atoms with Crippen molar-refractivity contribution < 1.29 is 9.90 Å². The Bertz CT molecular complexity index is 170. The summed E-state index contributed by atoms with van der Waals surface area (Å²) >= 11 is 0. The van der Waals surface area contributed by atoms with Crippen LogP contribution in [0.4, 0.5) is 0 Å². The van der Waals surface area contributed by atoms with E-state index in [9.17, 15) is 9.90 Å². The summed E-state index contributed by atoms with van der Waals surface area (Å²) in [6.45, 7) is 7.94. The van der Waals surface area contributed by atoms with Gasteiger partial charge in [-0.3, -0.25) is 16.1 Å². The van der Waals surface area contributed by atoms with Crippen molar-refractivity contribution in [3.63, 3.8) is 0 Å². The molecule has 0 aliphatic rings. The van der Waals surface area contributed by atoms with Gasteiger partial charge in [0.05, 0.1) is 5.41 Å². The molecule has 0 aliphatic carbocycles. The molecule has 0 amide bonds. The lowest BCUT2D eigenvalue weighted by Gasteiger charge is -2.36. The third-order valence-corrected chi connectivity index (χ3v) is 2.85. The van der Waals surface area contributed by atoms with Crippen molar-refractivity contribution in [1.29, 1.82) is 0 Å². The fourth-order valence-electron chi connectivity index (χ4n) is 1.81. The number of nitrogens with one attached hydrogen (secondary N) is 1. The molecule has 0 radical (unpaired) electrons. The van der Waals surface area contributed by atoms with Gasteiger partial charge in [0.1, 0.15) is 0 Å². The van der Waals surface area contributed by atoms with Gasteiger partial charge in [0.15, 0.2) is 0 Å². The topological polar surface area (TPSA) is 75.3 Å². The summed E-state index contributed by atoms with van der Waals surface area (Å²) in [6.07, 6.45) is 0. The molecule has 0 aromatic rings. The van der Waals surface area contributed by atoms with Crippen LogP contribution in [0.25, 0.3) is 0 Å². The highest BCUT2D eigenvalue weighted by atomic mass is 16.4. The van der Waals surface area contributed by atoms with Crippen LogP contribution in [0, 0.1) is 17.3 Å². The molecule has 4 N–H and O–H groups in total. The molecule has 0 rings (SSSR count). The molecule has 0 saturated carbocycles. The van der Waals surface area contributed by atoms with Gasteiger partial charge in [-0.1, -0.05) is 27.7 Å². The van der Waals surface area contributed by atoms with E-state index in [0.29, 0.717) is 6.54 Å². The van der Waals surface area contributed by atoms with Crippen molar-refractivity contribution in [3.05, 3.63) is 0 Å². The van der Waals surface area contributed by atoms with Crippen molar-refractivity contribution in [1.82, 2.24) is 5.43 Å². The van der Waals surface area contributed by atoms with E-state index in [1.165, 1.54) is 0 Å². The predicted molar refractivity (Wildman–Crippen MR) is 51.9 cm³/mol. The summed E-state index contributed by atoms with van der Waals surface area (Å²) in [5.41, 5.74) is 1.70. The Balaban J connectivity index is 4.93. The predicted octanol–water partition coefficient (Wildman–Crippen LogP) is 0.833. The second-order valence-electron chi connectivity index (χ2n) is 4.04. The monoisotopic (exact) mass is 188 g/mol. The van der Waals surface area contributed by atoms with Crippen LogP contribution in [-0.2, 0) is 4.79 Å². The van der Waals surface area contributed by atoms with Crippen LogP contribution in [0.3, 0.4) is 0 Å². The molecular weight excluding hydrogens is 168 g/mol. The third-order valence-electron chi connectivity index (χ3n) is 2.85. The van der Waals surface area contributed by atoms with Crippen molar-refractivity contribution in [2.75, 3.05) is 6.54 Å². The molecule has 0 unspecified atom stereocenters. The van der Waals surface area contributed by atoms with E-state index in [0.717, 1.165) is 0 Å². The largest absolute Gasteiger partial charge is 0.481 e. The highest BCUT2D eigenvalue weighted by Gasteiger charge is 2.44. The molecule has 0 spiro atoms. The molecule has 0 aromatic carbocycles. The lowest BCUT2D eigenvalue weighted by Crippen LogP contribution is -2.50. The number of rotatable bonds is 5. The quantitative estimate of drug-likeness (QED) is 0.441. The zero-order chi connectivity index (χ0) is 10.6. The number of hydrogen-bond donors (Lipinski definition) is 3. The van der Waals surface area contributed by atoms with Crippen LogP contribution >= 0.6 is 0 Å². The fourth-order valence-corrected chi connectivity index (χ4v) is 1.81. The number of nitrogens with two attached hydrogens (primary N) is 1. The van der Waals surface area contributed by atoms with Crippen LogP contribution in [0.5, 0.6) is 0 Å². The average Bonchev–Trinajstić information content (AvgIpc) is 1.97. The van der Waals surface area contributed by atoms with Gasteiger partial charge < -0.3 is 5.11 Å². The van der Waals surface area contributed by atoms with Gasteiger partial charge in [-0.25, -0.2) is 0 Å². The highest BCUT2D eigenvalue weighted by Crippen LogP contribution is 2.35. The summed E-state index contributed by atoms with van der Waals surface area (Å²) in [5, 5.41) is 9.20. The molecule has 0 fully saturated rings. The Morgan fingerprint density at radius 2 is 1.77 bits per heavy atom. The Morgan fingerprint density at radius 1 is 1.38 bits per heavy atom. The van der Waals surface area contributed by atoms with E-state index < -0.39 is 11.4 Å². The van der Waals surface area contributed by atoms with Gasteiger partial charge in [0.25, 0.3) is 0 Å². The van der Waals surface area contributed by atoms with E-state index in [2.05, 4.69) is 5.43 Å². The van der Waals surface area contributed by atoms with Gasteiger partial charge in [-0.05, 0) is 11.8 Å². The maximum absolute atomic E-state index is 11.2.